The quantitative estimate of drug-likeness (QED) is 0.414. The number of hydrogen-bond donors (Lipinski definition) is 2. The van der Waals surface area contributed by atoms with Gasteiger partial charge in [0.25, 0.3) is 11.9 Å². The highest BCUT2D eigenvalue weighted by Gasteiger charge is 2.28. The second-order valence-corrected chi connectivity index (χ2v) is 8.19. The molecule has 12 heteroatoms. The van der Waals surface area contributed by atoms with Gasteiger partial charge in [-0.25, -0.2) is 18.7 Å². The predicted molar refractivity (Wildman–Crippen MR) is 122 cm³/mol. The molecule has 1 aromatic carbocycles. The SMILES string of the molecule is CC(F)Oc1cccc(-c2nn(-c3ncc(F)cn3)c3cc(C(=O)NC(C)(C)C(N)=O)cnc23)c1. The summed E-state index contributed by atoms with van der Waals surface area (Å²) in [5.41, 5.74) is 5.78. The number of halogens is 2. The zero-order valence-electron chi connectivity index (χ0n) is 19.0. The molecule has 1 unspecified atom stereocenters. The van der Waals surface area contributed by atoms with Crippen LogP contribution in [-0.4, -0.2) is 48.4 Å². The summed E-state index contributed by atoms with van der Waals surface area (Å²) in [5, 5.41) is 7.09. The normalized spacial score (nSPS) is 12.4. The summed E-state index contributed by atoms with van der Waals surface area (Å²) in [6, 6.07) is 8.07. The van der Waals surface area contributed by atoms with E-state index in [0.29, 0.717) is 22.3 Å². The number of ether oxygens (including phenoxy) is 1. The van der Waals surface area contributed by atoms with Crippen molar-refractivity contribution in [2.24, 2.45) is 5.73 Å². The van der Waals surface area contributed by atoms with Gasteiger partial charge < -0.3 is 15.8 Å². The maximum Gasteiger partial charge on any atom is 0.253 e. The monoisotopic (exact) mass is 481 g/mol. The van der Waals surface area contributed by atoms with E-state index in [2.05, 4.69) is 25.4 Å². The minimum absolute atomic E-state index is 0.0317. The number of rotatable bonds is 7. The highest BCUT2D eigenvalue weighted by atomic mass is 19.1. The van der Waals surface area contributed by atoms with Crippen LogP contribution in [0.15, 0.2) is 48.9 Å². The van der Waals surface area contributed by atoms with Gasteiger partial charge in [-0.1, -0.05) is 12.1 Å². The molecule has 0 spiro atoms. The minimum Gasteiger partial charge on any atom is -0.461 e. The third-order valence-corrected chi connectivity index (χ3v) is 5.03. The molecule has 0 aliphatic heterocycles. The molecular weight excluding hydrogens is 460 g/mol. The average molecular weight is 481 g/mol. The zero-order valence-corrected chi connectivity index (χ0v) is 19.0. The predicted octanol–water partition coefficient (Wildman–Crippen LogP) is 2.70. The van der Waals surface area contributed by atoms with Gasteiger partial charge in [-0.3, -0.25) is 14.6 Å². The summed E-state index contributed by atoms with van der Waals surface area (Å²) in [5.74, 6) is -1.63. The molecule has 0 aliphatic carbocycles. The topological polar surface area (TPSA) is 138 Å². The lowest BCUT2D eigenvalue weighted by atomic mass is 10.0. The average Bonchev–Trinajstić information content (AvgIpc) is 3.18. The van der Waals surface area contributed by atoms with Crippen LogP contribution in [0.5, 0.6) is 5.75 Å². The molecule has 10 nitrogen and oxygen atoms in total. The van der Waals surface area contributed by atoms with Gasteiger partial charge in [0.05, 0.1) is 23.5 Å². The lowest BCUT2D eigenvalue weighted by molar-refractivity contribution is -0.122. The van der Waals surface area contributed by atoms with Gasteiger partial charge in [-0.2, -0.15) is 9.78 Å². The van der Waals surface area contributed by atoms with E-state index < -0.39 is 29.5 Å². The second-order valence-electron chi connectivity index (χ2n) is 8.19. The Balaban J connectivity index is 1.86. The van der Waals surface area contributed by atoms with Crippen molar-refractivity contribution in [3.8, 4) is 23.0 Å². The first-order valence-electron chi connectivity index (χ1n) is 10.5. The van der Waals surface area contributed by atoms with Crippen molar-refractivity contribution in [1.82, 2.24) is 30.0 Å². The first-order valence-corrected chi connectivity index (χ1v) is 10.5. The zero-order chi connectivity index (χ0) is 25.3. The van der Waals surface area contributed by atoms with Gasteiger partial charge in [0.15, 0.2) is 5.82 Å². The number of aromatic nitrogens is 5. The van der Waals surface area contributed by atoms with Crippen LogP contribution in [-0.2, 0) is 4.79 Å². The molecule has 4 aromatic rings. The van der Waals surface area contributed by atoms with E-state index in [4.69, 9.17) is 10.5 Å². The molecule has 2 amide bonds. The van der Waals surface area contributed by atoms with Crippen LogP contribution in [0.3, 0.4) is 0 Å². The number of nitrogens with zero attached hydrogens (tertiary/aromatic N) is 5. The second kappa shape index (κ2) is 9.05. The van der Waals surface area contributed by atoms with Crippen LogP contribution in [0.4, 0.5) is 8.78 Å². The third-order valence-electron chi connectivity index (χ3n) is 5.03. The molecule has 0 saturated heterocycles. The van der Waals surface area contributed by atoms with Gasteiger partial charge in [0, 0.05) is 18.7 Å². The Morgan fingerprint density at radius 2 is 1.86 bits per heavy atom. The molecule has 3 aromatic heterocycles. The molecular formula is C23H21F2N7O3. The fourth-order valence-corrected chi connectivity index (χ4v) is 3.21. The highest BCUT2D eigenvalue weighted by Crippen LogP contribution is 2.30. The number of pyridine rings is 1. The Hall–Kier alpha value is -4.48. The van der Waals surface area contributed by atoms with Crippen molar-refractivity contribution in [2.75, 3.05) is 0 Å². The lowest BCUT2D eigenvalue weighted by Crippen LogP contribution is -2.53. The lowest BCUT2D eigenvalue weighted by Gasteiger charge is -2.22. The summed E-state index contributed by atoms with van der Waals surface area (Å²) >= 11 is 0. The number of hydrogen-bond acceptors (Lipinski definition) is 7. The number of nitrogens with one attached hydrogen (secondary N) is 1. The van der Waals surface area contributed by atoms with Crippen molar-refractivity contribution < 1.29 is 23.1 Å². The van der Waals surface area contributed by atoms with E-state index in [1.54, 1.807) is 24.3 Å². The summed E-state index contributed by atoms with van der Waals surface area (Å²) in [4.78, 5) is 36.8. The number of nitrogens with two attached hydrogens (primary N) is 1. The molecule has 180 valence electrons. The molecule has 4 rings (SSSR count). The molecule has 3 heterocycles. The number of primary amides is 1. The van der Waals surface area contributed by atoms with Crippen molar-refractivity contribution >= 4 is 22.8 Å². The van der Waals surface area contributed by atoms with Crippen molar-refractivity contribution in [3.63, 3.8) is 0 Å². The fraction of sp³-hybridized carbons (Fsp3) is 0.217. The highest BCUT2D eigenvalue weighted by molar-refractivity contribution is 6.01. The molecule has 0 fully saturated rings. The van der Waals surface area contributed by atoms with Gasteiger partial charge in [-0.05, 0) is 32.0 Å². The maximum absolute atomic E-state index is 13.4. The van der Waals surface area contributed by atoms with Crippen LogP contribution >= 0.6 is 0 Å². The largest absolute Gasteiger partial charge is 0.461 e. The Morgan fingerprint density at radius 1 is 1.14 bits per heavy atom. The van der Waals surface area contributed by atoms with Crippen LogP contribution < -0.4 is 15.8 Å². The molecule has 0 bridgehead atoms. The number of carbonyl (C=O) groups is 2. The molecule has 0 radical (unpaired) electrons. The maximum atomic E-state index is 13.4. The third kappa shape index (κ3) is 4.90. The number of carbonyl (C=O) groups excluding carboxylic acids is 2. The molecule has 3 N–H and O–H groups in total. The molecule has 0 saturated carbocycles. The first kappa shape index (κ1) is 23.7. The number of fused-ring (bicyclic) bond motifs is 1. The summed E-state index contributed by atoms with van der Waals surface area (Å²) in [6.45, 7) is 4.21. The van der Waals surface area contributed by atoms with Crippen molar-refractivity contribution in [1.29, 1.82) is 0 Å². The summed E-state index contributed by atoms with van der Waals surface area (Å²) < 4.78 is 33.2. The van der Waals surface area contributed by atoms with Gasteiger partial charge in [0.1, 0.15) is 22.5 Å². The fourth-order valence-electron chi connectivity index (χ4n) is 3.21. The van der Waals surface area contributed by atoms with E-state index >= 15 is 0 Å². The van der Waals surface area contributed by atoms with E-state index in [0.717, 1.165) is 12.4 Å². The van der Waals surface area contributed by atoms with E-state index in [-0.39, 0.29) is 17.3 Å². The Labute approximate surface area is 198 Å². The Morgan fingerprint density at radius 3 is 2.51 bits per heavy atom. The standard InChI is InChI=1S/C23H21F2N7O3/c1-12(24)35-16-6-4-5-13(7-16)18-19-17(32(31-18)22-28-10-15(25)11-29-22)8-14(9-27-19)20(33)30-23(2,3)21(26)34/h4-12H,1-3H3,(H2,26,34)(H,30,33). The Kier molecular flexibility index (Phi) is 6.12. The first-order chi connectivity index (χ1) is 16.5. The Bertz CT molecular complexity index is 1420. The van der Waals surface area contributed by atoms with E-state index in [9.17, 15) is 18.4 Å². The molecule has 35 heavy (non-hydrogen) atoms. The van der Waals surface area contributed by atoms with E-state index in [1.165, 1.54) is 37.7 Å². The summed E-state index contributed by atoms with van der Waals surface area (Å²) in [6.07, 6.45) is 1.76. The number of benzene rings is 1. The van der Waals surface area contributed by atoms with Crippen LogP contribution in [0.25, 0.3) is 28.2 Å². The van der Waals surface area contributed by atoms with Crippen LogP contribution in [0.1, 0.15) is 31.1 Å². The smallest absolute Gasteiger partial charge is 0.253 e. The van der Waals surface area contributed by atoms with Gasteiger partial charge in [0.2, 0.25) is 12.3 Å². The van der Waals surface area contributed by atoms with E-state index in [1.807, 2.05) is 0 Å². The molecule has 1 atom stereocenters. The van der Waals surface area contributed by atoms with Gasteiger partial charge >= 0.3 is 0 Å². The minimum atomic E-state index is -1.52. The number of amides is 2. The van der Waals surface area contributed by atoms with Crippen molar-refractivity contribution in [3.05, 3.63) is 60.3 Å². The number of alkyl halides is 1. The summed E-state index contributed by atoms with van der Waals surface area (Å²) in [7, 11) is 0. The van der Waals surface area contributed by atoms with Crippen LogP contribution in [0, 0.1) is 5.82 Å². The van der Waals surface area contributed by atoms with Gasteiger partial charge in [-0.15, -0.1) is 0 Å². The van der Waals surface area contributed by atoms with Crippen LogP contribution in [0.2, 0.25) is 0 Å². The molecule has 0 aliphatic rings. The van der Waals surface area contributed by atoms with Crippen molar-refractivity contribution in [2.45, 2.75) is 32.7 Å².